The van der Waals surface area contributed by atoms with Gasteiger partial charge in [-0.25, -0.2) is 4.98 Å². The molecule has 1 aliphatic heterocycles. The number of carbonyl (C=O) groups excluding carboxylic acids is 1. The van der Waals surface area contributed by atoms with Crippen LogP contribution in [0.25, 0.3) is 0 Å². The second-order valence-electron chi connectivity index (χ2n) is 7.06. The van der Waals surface area contributed by atoms with E-state index < -0.39 is 5.91 Å². The van der Waals surface area contributed by atoms with Crippen LogP contribution in [0, 0.1) is 5.92 Å². The van der Waals surface area contributed by atoms with E-state index in [1.54, 1.807) is 12.1 Å². The van der Waals surface area contributed by atoms with Crippen molar-refractivity contribution >= 4 is 5.91 Å². The summed E-state index contributed by atoms with van der Waals surface area (Å²) in [5, 5.41) is 0. The summed E-state index contributed by atoms with van der Waals surface area (Å²) in [7, 11) is 0. The van der Waals surface area contributed by atoms with Crippen LogP contribution in [0.15, 0.2) is 36.5 Å². The zero-order valence-corrected chi connectivity index (χ0v) is 14.3. The second-order valence-corrected chi connectivity index (χ2v) is 7.06. The fraction of sp³-hybridized carbons (Fsp3) is 0.400. The largest absolute Gasteiger partial charge is 0.439 e. The zero-order valence-electron chi connectivity index (χ0n) is 14.3. The van der Waals surface area contributed by atoms with Gasteiger partial charge in [-0.1, -0.05) is 12.5 Å². The monoisotopic (exact) mass is 337 g/mol. The summed E-state index contributed by atoms with van der Waals surface area (Å²) in [6.45, 7) is 3.41. The van der Waals surface area contributed by atoms with Gasteiger partial charge in [-0.05, 0) is 54.5 Å². The van der Waals surface area contributed by atoms with E-state index in [-0.39, 0.29) is 0 Å². The Kier molecular flexibility index (Phi) is 4.40. The Balaban J connectivity index is 1.42. The maximum atomic E-state index is 11.1. The maximum absolute atomic E-state index is 11.1. The van der Waals surface area contributed by atoms with Crippen molar-refractivity contribution in [3.63, 3.8) is 0 Å². The van der Waals surface area contributed by atoms with Crippen LogP contribution in [0.4, 0.5) is 0 Å². The first-order valence-electron chi connectivity index (χ1n) is 8.95. The third kappa shape index (κ3) is 3.66. The summed E-state index contributed by atoms with van der Waals surface area (Å²) >= 11 is 0. The van der Waals surface area contributed by atoms with Crippen molar-refractivity contribution in [2.75, 3.05) is 13.1 Å². The van der Waals surface area contributed by atoms with Crippen LogP contribution in [0.5, 0.6) is 11.6 Å². The molecule has 0 radical (unpaired) electrons. The van der Waals surface area contributed by atoms with Crippen LogP contribution in [0.3, 0.4) is 0 Å². The van der Waals surface area contributed by atoms with Gasteiger partial charge in [0, 0.05) is 31.9 Å². The van der Waals surface area contributed by atoms with Gasteiger partial charge in [-0.15, -0.1) is 0 Å². The molecule has 0 atom stereocenters. The molecular formula is C20H23N3O2. The first-order chi connectivity index (χ1) is 12.2. The molecule has 5 nitrogen and oxygen atoms in total. The van der Waals surface area contributed by atoms with E-state index in [9.17, 15) is 4.79 Å². The van der Waals surface area contributed by atoms with Gasteiger partial charge in [-0.3, -0.25) is 9.69 Å². The number of pyridine rings is 1. The molecule has 2 aromatic rings. The molecule has 0 saturated heterocycles. The third-order valence-electron chi connectivity index (χ3n) is 5.25. The van der Waals surface area contributed by atoms with Crippen molar-refractivity contribution in [2.24, 2.45) is 11.7 Å². The van der Waals surface area contributed by atoms with Crippen LogP contribution in [0.1, 0.15) is 40.7 Å². The Bertz CT molecular complexity index is 769. The van der Waals surface area contributed by atoms with E-state index in [4.69, 9.17) is 10.5 Å². The lowest BCUT2D eigenvalue weighted by atomic mass is 9.84. The molecule has 0 bridgehead atoms. The van der Waals surface area contributed by atoms with E-state index in [0.717, 1.165) is 31.2 Å². The maximum Gasteiger partial charge on any atom is 0.250 e. The van der Waals surface area contributed by atoms with Gasteiger partial charge in [0.2, 0.25) is 11.8 Å². The summed E-state index contributed by atoms with van der Waals surface area (Å²) in [5.74, 6) is 1.68. The predicted octanol–water partition coefficient (Wildman–Crippen LogP) is 3.13. The van der Waals surface area contributed by atoms with Crippen LogP contribution in [0.2, 0.25) is 0 Å². The molecular weight excluding hydrogens is 314 g/mol. The van der Waals surface area contributed by atoms with Crippen molar-refractivity contribution < 1.29 is 9.53 Å². The molecule has 0 unspecified atom stereocenters. The van der Waals surface area contributed by atoms with Gasteiger partial charge < -0.3 is 10.5 Å². The minimum absolute atomic E-state index is 0.379. The Labute approximate surface area is 147 Å². The molecule has 0 spiro atoms. The molecule has 1 aromatic heterocycles. The van der Waals surface area contributed by atoms with E-state index in [2.05, 4.69) is 22.0 Å². The number of benzene rings is 1. The number of hydrogen-bond donors (Lipinski definition) is 1. The Hall–Kier alpha value is -2.40. The predicted molar refractivity (Wildman–Crippen MR) is 95.6 cm³/mol. The topological polar surface area (TPSA) is 68.5 Å². The molecule has 5 heteroatoms. The van der Waals surface area contributed by atoms with E-state index in [1.165, 1.54) is 43.1 Å². The highest BCUT2D eigenvalue weighted by molar-refractivity contribution is 5.92. The smallest absolute Gasteiger partial charge is 0.250 e. The lowest BCUT2D eigenvalue weighted by Gasteiger charge is -2.35. The van der Waals surface area contributed by atoms with Crippen LogP contribution in [-0.2, 0) is 13.0 Å². The lowest BCUT2D eigenvalue weighted by Crippen LogP contribution is -2.36. The number of primary amides is 1. The number of nitrogens with zero attached hydrogens (tertiary/aromatic N) is 2. The average Bonchev–Trinajstić information content (AvgIpc) is 2.58. The molecule has 130 valence electrons. The fourth-order valence-corrected chi connectivity index (χ4v) is 3.55. The molecule has 2 aliphatic rings. The normalized spacial score (nSPS) is 17.6. The SMILES string of the molecule is NC(=O)c1ccc(Oc2ccc3c(c2)CCN(CC2CCC2)C3)nc1. The number of rotatable bonds is 5. The Morgan fingerprint density at radius 1 is 1.24 bits per heavy atom. The van der Waals surface area contributed by atoms with Crippen LogP contribution in [-0.4, -0.2) is 28.9 Å². The molecule has 1 aliphatic carbocycles. The van der Waals surface area contributed by atoms with Gasteiger partial charge in [0.1, 0.15) is 5.75 Å². The molecule has 1 amide bonds. The quantitative estimate of drug-likeness (QED) is 0.910. The lowest BCUT2D eigenvalue weighted by molar-refractivity contribution is 0.1000. The standard InChI is InChI=1S/C20H23N3O2/c21-20(24)16-5-7-19(22-11-16)25-18-6-4-17-13-23(9-8-15(17)10-18)12-14-2-1-3-14/h4-7,10-11,14H,1-3,8-9,12-13H2,(H2,21,24). The van der Waals surface area contributed by atoms with E-state index in [1.807, 2.05) is 6.07 Å². The number of hydrogen-bond acceptors (Lipinski definition) is 4. The molecule has 4 rings (SSSR count). The van der Waals surface area contributed by atoms with E-state index in [0.29, 0.717) is 11.4 Å². The van der Waals surface area contributed by atoms with Crippen molar-refractivity contribution in [2.45, 2.75) is 32.2 Å². The molecule has 25 heavy (non-hydrogen) atoms. The molecule has 1 aromatic carbocycles. The van der Waals surface area contributed by atoms with Gasteiger partial charge in [0.05, 0.1) is 5.56 Å². The number of nitrogens with two attached hydrogens (primary N) is 1. The van der Waals surface area contributed by atoms with Gasteiger partial charge in [0.15, 0.2) is 0 Å². The molecule has 1 fully saturated rings. The number of aromatic nitrogens is 1. The number of amides is 1. The van der Waals surface area contributed by atoms with E-state index >= 15 is 0 Å². The molecule has 2 heterocycles. The second kappa shape index (κ2) is 6.84. The number of carbonyl (C=O) groups is 1. The van der Waals surface area contributed by atoms with Gasteiger partial charge >= 0.3 is 0 Å². The first kappa shape index (κ1) is 16.1. The highest BCUT2D eigenvalue weighted by atomic mass is 16.5. The van der Waals surface area contributed by atoms with Gasteiger partial charge in [-0.2, -0.15) is 0 Å². The third-order valence-corrected chi connectivity index (χ3v) is 5.25. The molecule has 2 N–H and O–H groups in total. The highest BCUT2D eigenvalue weighted by Crippen LogP contribution is 2.30. The minimum atomic E-state index is -0.487. The summed E-state index contributed by atoms with van der Waals surface area (Å²) < 4.78 is 5.82. The minimum Gasteiger partial charge on any atom is -0.439 e. The van der Waals surface area contributed by atoms with Crippen LogP contribution < -0.4 is 10.5 Å². The zero-order chi connectivity index (χ0) is 17.2. The summed E-state index contributed by atoms with van der Waals surface area (Å²) in [6.07, 6.45) is 6.71. The number of ether oxygens (including phenoxy) is 1. The van der Waals surface area contributed by atoms with Crippen molar-refractivity contribution in [1.82, 2.24) is 9.88 Å². The molecule has 1 saturated carbocycles. The highest BCUT2D eigenvalue weighted by Gasteiger charge is 2.23. The average molecular weight is 337 g/mol. The summed E-state index contributed by atoms with van der Waals surface area (Å²) in [6, 6.07) is 9.56. The number of fused-ring (bicyclic) bond motifs is 1. The van der Waals surface area contributed by atoms with Crippen molar-refractivity contribution in [3.05, 3.63) is 53.2 Å². The van der Waals surface area contributed by atoms with Crippen molar-refractivity contribution in [1.29, 1.82) is 0 Å². The Morgan fingerprint density at radius 3 is 2.80 bits per heavy atom. The summed E-state index contributed by atoms with van der Waals surface area (Å²) in [5.41, 5.74) is 8.36. The van der Waals surface area contributed by atoms with Gasteiger partial charge in [0.25, 0.3) is 0 Å². The van der Waals surface area contributed by atoms with Crippen molar-refractivity contribution in [3.8, 4) is 11.6 Å². The fourth-order valence-electron chi connectivity index (χ4n) is 3.55. The first-order valence-corrected chi connectivity index (χ1v) is 8.95. The van der Waals surface area contributed by atoms with Crippen LogP contribution >= 0.6 is 0 Å². The Morgan fingerprint density at radius 2 is 2.12 bits per heavy atom. The summed E-state index contributed by atoms with van der Waals surface area (Å²) in [4.78, 5) is 17.8.